The lowest BCUT2D eigenvalue weighted by molar-refractivity contribution is -0.138. The first-order valence-corrected chi connectivity index (χ1v) is 8.10. The summed E-state index contributed by atoms with van der Waals surface area (Å²) in [7, 11) is 3.93. The van der Waals surface area contributed by atoms with Crippen LogP contribution in [0.4, 0.5) is 5.69 Å². The summed E-state index contributed by atoms with van der Waals surface area (Å²) in [5, 5.41) is 6.04. The minimum Gasteiger partial charge on any atom is -0.355 e. The average Bonchev–Trinajstić information content (AvgIpc) is 2.47. The van der Waals surface area contributed by atoms with Gasteiger partial charge in [-0.05, 0) is 53.0 Å². The second kappa shape index (κ2) is 8.52. The Balaban J connectivity index is 2.65. The fourth-order valence-electron chi connectivity index (χ4n) is 1.80. The van der Waals surface area contributed by atoms with E-state index in [1.807, 2.05) is 19.0 Å². The molecule has 0 fully saturated rings. The fourth-order valence-corrected chi connectivity index (χ4v) is 2.15. The molecule has 0 atom stereocenters. The van der Waals surface area contributed by atoms with Crippen molar-refractivity contribution in [2.45, 2.75) is 20.3 Å². The molecule has 0 saturated carbocycles. The van der Waals surface area contributed by atoms with Crippen LogP contribution in [-0.4, -0.2) is 43.9 Å². The molecule has 0 aliphatic carbocycles. The first-order valence-electron chi connectivity index (χ1n) is 7.34. The van der Waals surface area contributed by atoms with Crippen molar-refractivity contribution in [2.75, 3.05) is 32.5 Å². The standard InChI is InChI=1S/C16H23Cl2N3O2/c1-16(2,14(22)19-9-6-10-21(3)4)15(23)20-12-8-5-7-11(17)13(12)18/h5,7-8H,6,9-10H2,1-4H3,(H,19,22)(H,20,23). The normalized spacial score (nSPS) is 11.4. The van der Waals surface area contributed by atoms with Crippen molar-refractivity contribution in [3.63, 3.8) is 0 Å². The number of halogens is 2. The maximum Gasteiger partial charge on any atom is 0.239 e. The second-order valence-electron chi connectivity index (χ2n) is 6.09. The summed E-state index contributed by atoms with van der Waals surface area (Å²) in [6.45, 7) is 4.53. The summed E-state index contributed by atoms with van der Waals surface area (Å²) in [6, 6.07) is 4.94. The maximum absolute atomic E-state index is 12.4. The zero-order chi connectivity index (χ0) is 17.6. The third-order valence-electron chi connectivity index (χ3n) is 3.40. The zero-order valence-corrected chi connectivity index (χ0v) is 15.4. The van der Waals surface area contributed by atoms with Gasteiger partial charge in [0.1, 0.15) is 5.41 Å². The Morgan fingerprint density at radius 3 is 2.43 bits per heavy atom. The van der Waals surface area contributed by atoms with E-state index < -0.39 is 11.3 Å². The summed E-state index contributed by atoms with van der Waals surface area (Å²) < 4.78 is 0. The number of rotatable bonds is 7. The second-order valence-corrected chi connectivity index (χ2v) is 6.88. The van der Waals surface area contributed by atoms with Crippen molar-refractivity contribution in [1.29, 1.82) is 0 Å². The molecule has 2 amide bonds. The number of nitrogens with one attached hydrogen (secondary N) is 2. The van der Waals surface area contributed by atoms with Crippen molar-refractivity contribution in [3.05, 3.63) is 28.2 Å². The lowest BCUT2D eigenvalue weighted by Crippen LogP contribution is -2.45. The average molecular weight is 360 g/mol. The maximum atomic E-state index is 12.4. The minimum absolute atomic E-state index is 0.254. The van der Waals surface area contributed by atoms with Crippen LogP contribution in [-0.2, 0) is 9.59 Å². The molecule has 23 heavy (non-hydrogen) atoms. The van der Waals surface area contributed by atoms with Crippen LogP contribution in [0.2, 0.25) is 10.0 Å². The van der Waals surface area contributed by atoms with E-state index in [2.05, 4.69) is 10.6 Å². The van der Waals surface area contributed by atoms with E-state index in [4.69, 9.17) is 23.2 Å². The van der Waals surface area contributed by atoms with Crippen LogP contribution in [0.15, 0.2) is 18.2 Å². The van der Waals surface area contributed by atoms with Gasteiger partial charge >= 0.3 is 0 Å². The van der Waals surface area contributed by atoms with E-state index in [1.165, 1.54) is 0 Å². The Labute approximate surface area is 147 Å². The van der Waals surface area contributed by atoms with Crippen LogP contribution in [0.3, 0.4) is 0 Å². The number of hydrogen-bond acceptors (Lipinski definition) is 3. The van der Waals surface area contributed by atoms with E-state index in [9.17, 15) is 9.59 Å². The van der Waals surface area contributed by atoms with Gasteiger partial charge in [0, 0.05) is 6.54 Å². The van der Waals surface area contributed by atoms with Gasteiger partial charge in [-0.2, -0.15) is 0 Å². The molecular weight excluding hydrogens is 337 g/mol. The van der Waals surface area contributed by atoms with E-state index in [-0.39, 0.29) is 10.9 Å². The molecule has 0 bridgehead atoms. The molecule has 2 N–H and O–H groups in total. The van der Waals surface area contributed by atoms with Crippen LogP contribution in [0.5, 0.6) is 0 Å². The largest absolute Gasteiger partial charge is 0.355 e. The summed E-state index contributed by atoms with van der Waals surface area (Å²) in [6.07, 6.45) is 0.816. The molecule has 128 valence electrons. The highest BCUT2D eigenvalue weighted by Gasteiger charge is 2.36. The summed E-state index contributed by atoms with van der Waals surface area (Å²) in [5.74, 6) is -0.765. The van der Waals surface area contributed by atoms with Crippen molar-refractivity contribution in [3.8, 4) is 0 Å². The number of carbonyl (C=O) groups is 2. The molecule has 0 radical (unpaired) electrons. The molecular formula is C16H23Cl2N3O2. The van der Waals surface area contributed by atoms with Gasteiger partial charge in [-0.25, -0.2) is 0 Å². The Morgan fingerprint density at radius 2 is 1.83 bits per heavy atom. The highest BCUT2D eigenvalue weighted by atomic mass is 35.5. The summed E-state index contributed by atoms with van der Waals surface area (Å²) in [5.41, 5.74) is -0.832. The van der Waals surface area contributed by atoms with Gasteiger partial charge in [-0.1, -0.05) is 29.3 Å². The van der Waals surface area contributed by atoms with Gasteiger partial charge in [-0.3, -0.25) is 9.59 Å². The molecule has 0 aliphatic rings. The lowest BCUT2D eigenvalue weighted by Gasteiger charge is -2.23. The van der Waals surface area contributed by atoms with Crippen molar-refractivity contribution in [2.24, 2.45) is 5.41 Å². The Bertz CT molecular complexity index is 574. The smallest absolute Gasteiger partial charge is 0.239 e. The van der Waals surface area contributed by atoms with Crippen LogP contribution < -0.4 is 10.6 Å². The molecule has 0 spiro atoms. The number of carbonyl (C=O) groups excluding carboxylic acids is 2. The van der Waals surface area contributed by atoms with E-state index in [0.29, 0.717) is 17.3 Å². The van der Waals surface area contributed by atoms with Gasteiger partial charge < -0.3 is 15.5 Å². The molecule has 1 rings (SSSR count). The molecule has 0 aromatic heterocycles. The zero-order valence-electron chi connectivity index (χ0n) is 13.9. The number of anilines is 1. The summed E-state index contributed by atoms with van der Waals surface area (Å²) >= 11 is 12.0. The van der Waals surface area contributed by atoms with Crippen LogP contribution >= 0.6 is 23.2 Å². The molecule has 0 unspecified atom stereocenters. The molecule has 1 aromatic rings. The van der Waals surface area contributed by atoms with Gasteiger partial charge in [0.25, 0.3) is 0 Å². The highest BCUT2D eigenvalue weighted by molar-refractivity contribution is 6.44. The van der Waals surface area contributed by atoms with Crippen molar-refractivity contribution >= 4 is 40.7 Å². The third-order valence-corrected chi connectivity index (χ3v) is 4.22. The highest BCUT2D eigenvalue weighted by Crippen LogP contribution is 2.30. The monoisotopic (exact) mass is 359 g/mol. The number of benzene rings is 1. The fraction of sp³-hybridized carbons (Fsp3) is 0.500. The van der Waals surface area contributed by atoms with Gasteiger partial charge in [0.15, 0.2) is 0 Å². The molecule has 0 aliphatic heterocycles. The van der Waals surface area contributed by atoms with Gasteiger partial charge in [0.05, 0.1) is 15.7 Å². The minimum atomic E-state index is -1.22. The Morgan fingerprint density at radius 1 is 1.17 bits per heavy atom. The van der Waals surface area contributed by atoms with Crippen LogP contribution in [0.1, 0.15) is 20.3 Å². The summed E-state index contributed by atoms with van der Waals surface area (Å²) in [4.78, 5) is 26.7. The van der Waals surface area contributed by atoms with E-state index in [0.717, 1.165) is 13.0 Å². The molecule has 0 heterocycles. The van der Waals surface area contributed by atoms with Crippen molar-refractivity contribution < 1.29 is 9.59 Å². The molecule has 1 aromatic carbocycles. The van der Waals surface area contributed by atoms with Crippen LogP contribution in [0, 0.1) is 5.41 Å². The lowest BCUT2D eigenvalue weighted by atomic mass is 9.91. The number of hydrogen-bond donors (Lipinski definition) is 2. The first-order chi connectivity index (χ1) is 10.7. The third kappa shape index (κ3) is 5.68. The quantitative estimate of drug-likeness (QED) is 0.580. The molecule has 0 saturated heterocycles. The molecule has 7 heteroatoms. The molecule has 5 nitrogen and oxygen atoms in total. The SMILES string of the molecule is CN(C)CCCNC(=O)C(C)(C)C(=O)Nc1cccc(Cl)c1Cl. The Hall–Kier alpha value is -1.30. The van der Waals surface area contributed by atoms with Crippen LogP contribution in [0.25, 0.3) is 0 Å². The predicted octanol–water partition coefficient (Wildman–Crippen LogP) is 3.03. The first kappa shape index (κ1) is 19.7. The van der Waals surface area contributed by atoms with E-state index >= 15 is 0 Å². The topological polar surface area (TPSA) is 61.4 Å². The van der Waals surface area contributed by atoms with Crippen molar-refractivity contribution in [1.82, 2.24) is 10.2 Å². The number of amides is 2. The Kier molecular flexibility index (Phi) is 7.32. The number of nitrogens with zero attached hydrogens (tertiary/aromatic N) is 1. The van der Waals surface area contributed by atoms with E-state index in [1.54, 1.807) is 32.0 Å². The van der Waals surface area contributed by atoms with Gasteiger partial charge in [0.2, 0.25) is 11.8 Å². The van der Waals surface area contributed by atoms with Gasteiger partial charge in [-0.15, -0.1) is 0 Å². The predicted molar refractivity (Wildman–Crippen MR) is 95.1 cm³/mol.